The van der Waals surface area contributed by atoms with E-state index in [0.717, 1.165) is 24.7 Å². The molecule has 0 amide bonds. The van der Waals surface area contributed by atoms with Gasteiger partial charge in [0.05, 0.1) is 5.60 Å². The van der Waals surface area contributed by atoms with E-state index in [1.54, 1.807) is 0 Å². The van der Waals surface area contributed by atoms with Crippen molar-refractivity contribution in [1.82, 2.24) is 0 Å². The lowest BCUT2D eigenvalue weighted by atomic mass is 9.65. The molecule has 88 valence electrons. The van der Waals surface area contributed by atoms with Crippen molar-refractivity contribution in [2.75, 3.05) is 0 Å². The number of aliphatic hydroxyl groups is 1. The Bertz CT molecular complexity index is 215. The van der Waals surface area contributed by atoms with Crippen LogP contribution in [0.4, 0.5) is 0 Å². The van der Waals surface area contributed by atoms with Crippen LogP contribution in [0.3, 0.4) is 0 Å². The minimum atomic E-state index is -0.326. The maximum absolute atomic E-state index is 10.9. The summed E-state index contributed by atoms with van der Waals surface area (Å²) in [4.78, 5) is 0. The fraction of sp³-hybridized carbons (Fsp3) is 1.00. The molecule has 3 atom stereocenters. The zero-order valence-electron chi connectivity index (χ0n) is 10.5. The first-order chi connectivity index (χ1) is 7.01. The summed E-state index contributed by atoms with van der Waals surface area (Å²) in [5, 5.41) is 10.9. The molecular formula is C14H26O. The van der Waals surface area contributed by atoms with Crippen LogP contribution in [0.15, 0.2) is 0 Å². The largest absolute Gasteiger partial charge is 0.390 e. The molecule has 0 aromatic heterocycles. The van der Waals surface area contributed by atoms with E-state index in [4.69, 9.17) is 0 Å². The Morgan fingerprint density at radius 3 is 2.40 bits per heavy atom. The highest BCUT2D eigenvalue weighted by Gasteiger charge is 2.45. The van der Waals surface area contributed by atoms with Crippen molar-refractivity contribution in [2.24, 2.45) is 23.7 Å². The molecule has 0 bridgehead atoms. The number of hydrogen-bond donors (Lipinski definition) is 1. The van der Waals surface area contributed by atoms with Gasteiger partial charge in [0.15, 0.2) is 0 Å². The molecule has 2 aliphatic rings. The van der Waals surface area contributed by atoms with Crippen LogP contribution >= 0.6 is 0 Å². The highest BCUT2D eigenvalue weighted by molar-refractivity contribution is 4.96. The van der Waals surface area contributed by atoms with Crippen molar-refractivity contribution in [3.8, 4) is 0 Å². The van der Waals surface area contributed by atoms with Crippen LogP contribution in [0.2, 0.25) is 0 Å². The Labute approximate surface area is 94.3 Å². The van der Waals surface area contributed by atoms with Gasteiger partial charge < -0.3 is 5.11 Å². The lowest BCUT2D eigenvalue weighted by Crippen LogP contribution is -2.45. The number of hydrogen-bond acceptors (Lipinski definition) is 1. The van der Waals surface area contributed by atoms with Gasteiger partial charge in [0.25, 0.3) is 0 Å². The van der Waals surface area contributed by atoms with Crippen LogP contribution in [0, 0.1) is 23.7 Å². The summed E-state index contributed by atoms with van der Waals surface area (Å²) in [5.41, 5.74) is -0.326. The first-order valence-electron chi connectivity index (χ1n) is 6.73. The SMILES string of the molecule is CC1CCC(C(C)C)C(O)(CC2CC2)C1. The van der Waals surface area contributed by atoms with Gasteiger partial charge >= 0.3 is 0 Å². The minimum absolute atomic E-state index is 0.326. The smallest absolute Gasteiger partial charge is 0.0683 e. The zero-order valence-corrected chi connectivity index (χ0v) is 10.5. The van der Waals surface area contributed by atoms with Gasteiger partial charge in [-0.3, -0.25) is 0 Å². The second kappa shape index (κ2) is 4.08. The van der Waals surface area contributed by atoms with Gasteiger partial charge in [0, 0.05) is 0 Å². The molecule has 15 heavy (non-hydrogen) atoms. The summed E-state index contributed by atoms with van der Waals surface area (Å²) in [6.07, 6.45) is 7.41. The lowest BCUT2D eigenvalue weighted by molar-refractivity contribution is -0.0892. The molecular weight excluding hydrogens is 184 g/mol. The molecule has 0 heterocycles. The Morgan fingerprint density at radius 1 is 1.20 bits per heavy atom. The lowest BCUT2D eigenvalue weighted by Gasteiger charge is -2.45. The zero-order chi connectivity index (χ0) is 11.1. The molecule has 0 aromatic carbocycles. The summed E-state index contributed by atoms with van der Waals surface area (Å²) < 4.78 is 0. The molecule has 1 heteroatoms. The molecule has 0 saturated heterocycles. The maximum atomic E-state index is 10.9. The first kappa shape index (κ1) is 11.4. The Hall–Kier alpha value is -0.0400. The molecule has 0 aliphatic heterocycles. The predicted molar refractivity (Wildman–Crippen MR) is 63.6 cm³/mol. The Balaban J connectivity index is 2.06. The molecule has 1 nitrogen and oxygen atoms in total. The molecule has 2 saturated carbocycles. The molecule has 0 radical (unpaired) electrons. The van der Waals surface area contributed by atoms with E-state index in [2.05, 4.69) is 20.8 Å². The summed E-state index contributed by atoms with van der Waals surface area (Å²) in [6.45, 7) is 6.85. The van der Waals surface area contributed by atoms with Crippen molar-refractivity contribution in [2.45, 2.75) is 64.9 Å². The molecule has 2 rings (SSSR count). The third kappa shape index (κ3) is 2.55. The van der Waals surface area contributed by atoms with E-state index >= 15 is 0 Å². The fourth-order valence-electron chi connectivity index (χ4n) is 3.60. The molecule has 0 spiro atoms. The summed E-state index contributed by atoms with van der Waals surface area (Å²) in [7, 11) is 0. The topological polar surface area (TPSA) is 20.2 Å². The van der Waals surface area contributed by atoms with E-state index in [-0.39, 0.29) is 5.60 Å². The van der Waals surface area contributed by atoms with Gasteiger partial charge in [0.1, 0.15) is 0 Å². The molecule has 0 aromatic rings. The van der Waals surface area contributed by atoms with E-state index in [9.17, 15) is 5.11 Å². The third-order valence-electron chi connectivity index (χ3n) is 4.51. The van der Waals surface area contributed by atoms with Gasteiger partial charge in [-0.15, -0.1) is 0 Å². The first-order valence-corrected chi connectivity index (χ1v) is 6.73. The van der Waals surface area contributed by atoms with Crippen molar-refractivity contribution < 1.29 is 5.11 Å². The second-order valence-corrected chi connectivity index (χ2v) is 6.49. The Morgan fingerprint density at radius 2 is 1.87 bits per heavy atom. The standard InChI is InChI=1S/C14H26O/c1-10(2)13-7-4-11(3)8-14(13,15)9-12-5-6-12/h10-13,15H,4-9H2,1-3H3. The van der Waals surface area contributed by atoms with Gasteiger partial charge in [-0.05, 0) is 42.9 Å². The van der Waals surface area contributed by atoms with Crippen LogP contribution in [0.5, 0.6) is 0 Å². The van der Waals surface area contributed by atoms with Crippen LogP contribution < -0.4 is 0 Å². The average molecular weight is 210 g/mol. The van der Waals surface area contributed by atoms with Crippen LogP contribution in [0.1, 0.15) is 59.3 Å². The minimum Gasteiger partial charge on any atom is -0.390 e. The molecule has 1 N–H and O–H groups in total. The van der Waals surface area contributed by atoms with Gasteiger partial charge in [-0.25, -0.2) is 0 Å². The molecule has 2 fully saturated rings. The quantitative estimate of drug-likeness (QED) is 0.754. The fourth-order valence-corrected chi connectivity index (χ4v) is 3.60. The molecule has 3 unspecified atom stereocenters. The van der Waals surface area contributed by atoms with E-state index < -0.39 is 0 Å². The summed E-state index contributed by atoms with van der Waals surface area (Å²) >= 11 is 0. The van der Waals surface area contributed by atoms with Crippen LogP contribution in [-0.2, 0) is 0 Å². The van der Waals surface area contributed by atoms with Gasteiger partial charge in [-0.1, -0.05) is 40.0 Å². The second-order valence-electron chi connectivity index (χ2n) is 6.49. The number of rotatable bonds is 3. The van der Waals surface area contributed by atoms with Crippen LogP contribution in [0.25, 0.3) is 0 Å². The Kier molecular flexibility index (Phi) is 3.12. The van der Waals surface area contributed by atoms with Crippen molar-refractivity contribution in [3.05, 3.63) is 0 Å². The highest BCUT2D eigenvalue weighted by Crippen LogP contribution is 2.48. The van der Waals surface area contributed by atoms with E-state index in [1.807, 2.05) is 0 Å². The van der Waals surface area contributed by atoms with Crippen molar-refractivity contribution in [3.63, 3.8) is 0 Å². The van der Waals surface area contributed by atoms with Crippen LogP contribution in [-0.4, -0.2) is 10.7 Å². The van der Waals surface area contributed by atoms with Crippen molar-refractivity contribution >= 4 is 0 Å². The average Bonchev–Trinajstić information content (AvgIpc) is 2.86. The maximum Gasteiger partial charge on any atom is 0.0683 e. The van der Waals surface area contributed by atoms with Gasteiger partial charge in [-0.2, -0.15) is 0 Å². The monoisotopic (exact) mass is 210 g/mol. The highest BCUT2D eigenvalue weighted by atomic mass is 16.3. The predicted octanol–water partition coefficient (Wildman–Crippen LogP) is 3.61. The summed E-state index contributed by atoms with van der Waals surface area (Å²) in [6, 6.07) is 0. The molecule has 2 aliphatic carbocycles. The van der Waals surface area contributed by atoms with E-state index in [0.29, 0.717) is 11.8 Å². The third-order valence-corrected chi connectivity index (χ3v) is 4.51. The van der Waals surface area contributed by atoms with Gasteiger partial charge in [0.2, 0.25) is 0 Å². The van der Waals surface area contributed by atoms with Crippen molar-refractivity contribution in [1.29, 1.82) is 0 Å². The summed E-state index contributed by atoms with van der Waals surface area (Å²) in [5.74, 6) is 2.76. The van der Waals surface area contributed by atoms with E-state index in [1.165, 1.54) is 25.7 Å². The normalized spacial score (nSPS) is 42.2.